The predicted octanol–water partition coefficient (Wildman–Crippen LogP) is 5.24. The lowest BCUT2D eigenvalue weighted by molar-refractivity contribution is 0.394. The van der Waals surface area contributed by atoms with Gasteiger partial charge in [-0.05, 0) is 42.5 Å². The van der Waals surface area contributed by atoms with Crippen LogP contribution in [0.2, 0.25) is 0 Å². The van der Waals surface area contributed by atoms with Gasteiger partial charge in [0.15, 0.2) is 5.76 Å². The number of rotatable bonds is 6. The highest BCUT2D eigenvalue weighted by Gasteiger charge is 2.26. The van der Waals surface area contributed by atoms with Crippen molar-refractivity contribution in [2.45, 2.75) is 0 Å². The van der Waals surface area contributed by atoms with Gasteiger partial charge in [0.25, 0.3) is 0 Å². The molecule has 4 aromatic rings. The first-order chi connectivity index (χ1) is 16.6. The summed E-state index contributed by atoms with van der Waals surface area (Å²) in [7, 11) is 4.83. The molecule has 2 heterocycles. The quantitative estimate of drug-likeness (QED) is 0.427. The summed E-state index contributed by atoms with van der Waals surface area (Å²) in [5.41, 5.74) is 5.16. The van der Waals surface area contributed by atoms with E-state index in [0.717, 1.165) is 33.8 Å². The Morgan fingerprint density at radius 1 is 0.853 bits per heavy atom. The van der Waals surface area contributed by atoms with E-state index in [9.17, 15) is 4.79 Å². The molecule has 5 rings (SSSR count). The minimum absolute atomic E-state index is 0.474. The van der Waals surface area contributed by atoms with Crippen LogP contribution in [-0.2, 0) is 0 Å². The Hall–Kier alpha value is -4.39. The molecule has 0 saturated carbocycles. The third-order valence-corrected chi connectivity index (χ3v) is 5.88. The number of hydrogen-bond donors (Lipinski definition) is 1. The number of oxazole rings is 1. The van der Waals surface area contributed by atoms with E-state index in [0.29, 0.717) is 29.5 Å². The molecule has 0 fully saturated rings. The fraction of sp³-hybridized carbons (Fsp3) is 0.148. The SMILES string of the molecule is COc1ccc(N2CC=C(c3oc(=O)[nH]c3-c3cc(OC)cc(OC)c3)c3ccccc32)cc1. The molecule has 0 spiro atoms. The summed E-state index contributed by atoms with van der Waals surface area (Å²) in [6, 6.07) is 21.5. The van der Waals surface area contributed by atoms with Crippen molar-refractivity contribution in [1.82, 2.24) is 4.98 Å². The van der Waals surface area contributed by atoms with Crippen LogP contribution >= 0.6 is 0 Å². The van der Waals surface area contributed by atoms with Gasteiger partial charge in [-0.1, -0.05) is 24.3 Å². The van der Waals surface area contributed by atoms with Crippen molar-refractivity contribution >= 4 is 16.9 Å². The third-order valence-electron chi connectivity index (χ3n) is 5.88. The lowest BCUT2D eigenvalue weighted by atomic mass is 9.94. The summed E-state index contributed by atoms with van der Waals surface area (Å²) < 4.78 is 21.8. The van der Waals surface area contributed by atoms with Gasteiger partial charge >= 0.3 is 5.76 Å². The maximum Gasteiger partial charge on any atom is 0.417 e. The lowest BCUT2D eigenvalue weighted by Crippen LogP contribution is -2.22. The molecule has 172 valence electrons. The van der Waals surface area contributed by atoms with Crippen molar-refractivity contribution in [3.05, 3.63) is 94.7 Å². The minimum Gasteiger partial charge on any atom is -0.497 e. The van der Waals surface area contributed by atoms with Crippen molar-refractivity contribution in [3.63, 3.8) is 0 Å². The number of anilines is 2. The molecule has 0 amide bonds. The first kappa shape index (κ1) is 21.5. The van der Waals surface area contributed by atoms with Crippen LogP contribution in [0.25, 0.3) is 16.8 Å². The fourth-order valence-electron chi connectivity index (χ4n) is 4.22. The van der Waals surface area contributed by atoms with Gasteiger partial charge in [0.05, 0.1) is 27.0 Å². The highest BCUT2D eigenvalue weighted by Crippen LogP contribution is 2.42. The number of hydrogen-bond acceptors (Lipinski definition) is 6. The van der Waals surface area contributed by atoms with Gasteiger partial charge in [0.1, 0.15) is 17.2 Å². The number of ether oxygens (including phenoxy) is 3. The Morgan fingerprint density at radius 2 is 1.53 bits per heavy atom. The van der Waals surface area contributed by atoms with Crippen LogP contribution in [0.15, 0.2) is 82.0 Å². The second-order valence-corrected chi connectivity index (χ2v) is 7.76. The molecular formula is C27H24N2O5. The highest BCUT2D eigenvalue weighted by atomic mass is 16.5. The van der Waals surface area contributed by atoms with Gasteiger partial charge in [0, 0.05) is 40.7 Å². The first-order valence-corrected chi connectivity index (χ1v) is 10.8. The van der Waals surface area contributed by atoms with Crippen LogP contribution in [0.5, 0.6) is 17.2 Å². The summed E-state index contributed by atoms with van der Waals surface area (Å²) in [6.45, 7) is 0.606. The molecule has 1 N–H and O–H groups in total. The highest BCUT2D eigenvalue weighted by molar-refractivity contribution is 5.93. The Morgan fingerprint density at radius 3 is 2.21 bits per heavy atom. The number of methoxy groups -OCH3 is 3. The number of aromatic amines is 1. The van der Waals surface area contributed by atoms with Crippen molar-refractivity contribution in [3.8, 4) is 28.5 Å². The van der Waals surface area contributed by atoms with E-state index in [1.54, 1.807) is 27.4 Å². The van der Waals surface area contributed by atoms with Crippen molar-refractivity contribution in [1.29, 1.82) is 0 Å². The maximum atomic E-state index is 12.4. The minimum atomic E-state index is -0.525. The second kappa shape index (κ2) is 8.86. The Balaban J connectivity index is 1.61. The zero-order chi connectivity index (χ0) is 23.7. The number of fused-ring (bicyclic) bond motifs is 1. The van der Waals surface area contributed by atoms with E-state index < -0.39 is 5.76 Å². The molecule has 0 unspecified atom stereocenters. The van der Waals surface area contributed by atoms with Gasteiger partial charge in [-0.15, -0.1) is 0 Å². The molecule has 0 radical (unpaired) electrons. The van der Waals surface area contributed by atoms with Crippen LogP contribution in [0.1, 0.15) is 11.3 Å². The van der Waals surface area contributed by atoms with Crippen LogP contribution in [0, 0.1) is 0 Å². The Labute approximate surface area is 196 Å². The standard InChI is InChI=1S/C27H24N2O5/c1-31-19-10-8-18(9-11-19)29-13-12-23(22-6-4-5-7-24(22)29)26-25(28-27(30)34-26)17-14-20(32-2)16-21(15-17)33-3/h4-12,14-16H,13H2,1-3H3,(H,28,30). The number of para-hydroxylation sites is 1. The zero-order valence-electron chi connectivity index (χ0n) is 19.1. The van der Waals surface area contributed by atoms with E-state index in [1.807, 2.05) is 54.6 Å². The van der Waals surface area contributed by atoms with Crippen LogP contribution in [0.4, 0.5) is 11.4 Å². The second-order valence-electron chi connectivity index (χ2n) is 7.76. The lowest BCUT2D eigenvalue weighted by Gasteiger charge is -2.30. The Bertz CT molecular complexity index is 1390. The average molecular weight is 456 g/mol. The number of aromatic nitrogens is 1. The molecule has 0 bridgehead atoms. The predicted molar refractivity (Wildman–Crippen MR) is 131 cm³/mol. The number of H-pyrrole nitrogens is 1. The van der Waals surface area contributed by atoms with Crippen molar-refractivity contribution < 1.29 is 18.6 Å². The molecule has 0 atom stereocenters. The number of benzene rings is 3. The monoisotopic (exact) mass is 456 g/mol. The summed E-state index contributed by atoms with van der Waals surface area (Å²) in [5.74, 6) is 1.99. The van der Waals surface area contributed by atoms with Crippen LogP contribution in [0.3, 0.4) is 0 Å². The first-order valence-electron chi connectivity index (χ1n) is 10.8. The van der Waals surface area contributed by atoms with E-state index >= 15 is 0 Å². The molecule has 7 nitrogen and oxygen atoms in total. The fourth-order valence-corrected chi connectivity index (χ4v) is 4.22. The average Bonchev–Trinajstić information content (AvgIpc) is 3.29. The van der Waals surface area contributed by atoms with E-state index in [4.69, 9.17) is 18.6 Å². The zero-order valence-corrected chi connectivity index (χ0v) is 19.1. The van der Waals surface area contributed by atoms with Gasteiger partial charge < -0.3 is 23.5 Å². The molecule has 0 saturated heterocycles. The summed E-state index contributed by atoms with van der Waals surface area (Å²) in [4.78, 5) is 17.4. The van der Waals surface area contributed by atoms with Gasteiger partial charge in [0.2, 0.25) is 0 Å². The summed E-state index contributed by atoms with van der Waals surface area (Å²) in [6.07, 6.45) is 2.07. The molecule has 1 aliphatic rings. The van der Waals surface area contributed by atoms with E-state index in [1.165, 1.54) is 0 Å². The normalized spacial score (nSPS) is 12.7. The van der Waals surface area contributed by atoms with Crippen LogP contribution < -0.4 is 24.9 Å². The molecule has 7 heteroatoms. The van der Waals surface area contributed by atoms with Crippen LogP contribution in [-0.4, -0.2) is 32.9 Å². The number of nitrogens with zero attached hydrogens (tertiary/aromatic N) is 1. The topological polar surface area (TPSA) is 76.9 Å². The van der Waals surface area contributed by atoms with Crippen molar-refractivity contribution in [2.75, 3.05) is 32.8 Å². The number of nitrogens with one attached hydrogen (secondary N) is 1. The van der Waals surface area contributed by atoms with Gasteiger partial charge in [-0.3, -0.25) is 4.98 Å². The van der Waals surface area contributed by atoms with E-state index in [-0.39, 0.29) is 0 Å². The van der Waals surface area contributed by atoms with Crippen molar-refractivity contribution in [2.24, 2.45) is 0 Å². The van der Waals surface area contributed by atoms with E-state index in [2.05, 4.69) is 22.0 Å². The molecule has 1 aliphatic heterocycles. The molecule has 3 aromatic carbocycles. The maximum absolute atomic E-state index is 12.4. The molecular weight excluding hydrogens is 432 g/mol. The largest absolute Gasteiger partial charge is 0.497 e. The Kier molecular flexibility index (Phi) is 5.59. The summed E-state index contributed by atoms with van der Waals surface area (Å²) in [5, 5.41) is 0. The third kappa shape index (κ3) is 3.81. The van der Waals surface area contributed by atoms with Gasteiger partial charge in [-0.2, -0.15) is 0 Å². The molecule has 1 aromatic heterocycles. The smallest absolute Gasteiger partial charge is 0.417 e. The molecule has 0 aliphatic carbocycles. The summed E-state index contributed by atoms with van der Waals surface area (Å²) >= 11 is 0. The molecule has 34 heavy (non-hydrogen) atoms. The van der Waals surface area contributed by atoms with Gasteiger partial charge in [-0.25, -0.2) is 4.79 Å².